The summed E-state index contributed by atoms with van der Waals surface area (Å²) in [6.45, 7) is 8.57. The molecule has 5 N–H and O–H groups in total. The van der Waals surface area contributed by atoms with E-state index < -0.39 is 16.6 Å². The van der Waals surface area contributed by atoms with Crippen LogP contribution >= 0.6 is 0 Å². The summed E-state index contributed by atoms with van der Waals surface area (Å²) in [6, 6.07) is 0. The van der Waals surface area contributed by atoms with Crippen molar-refractivity contribution in [1.82, 2.24) is 5.43 Å². The number of rotatable bonds is 5. The molecule has 0 aromatic rings. The van der Waals surface area contributed by atoms with Crippen LogP contribution in [0.1, 0.15) is 0 Å². The monoisotopic (exact) mass is 207 g/mol. The summed E-state index contributed by atoms with van der Waals surface area (Å²) < 4.78 is 6.03. The summed E-state index contributed by atoms with van der Waals surface area (Å²) in [4.78, 5) is 0. The van der Waals surface area contributed by atoms with Gasteiger partial charge < -0.3 is 9.85 Å². The first-order valence-electron chi connectivity index (χ1n) is 4.17. The third-order valence-electron chi connectivity index (χ3n) is 1.57. The maximum absolute atomic E-state index is 6.03. The molecule has 0 aromatic carbocycles. The Bertz CT molecular complexity index is 141. The average Bonchev–Trinajstić information content (AvgIpc) is 1.85. The molecular formula is C6H21N3OSi2. The molecule has 0 unspecified atom stereocenters. The van der Waals surface area contributed by atoms with Gasteiger partial charge in [0, 0.05) is 12.3 Å². The van der Waals surface area contributed by atoms with E-state index in [1.165, 1.54) is 0 Å². The zero-order valence-electron chi connectivity index (χ0n) is 8.48. The van der Waals surface area contributed by atoms with E-state index in [1.54, 1.807) is 0 Å². The van der Waals surface area contributed by atoms with Gasteiger partial charge in [0.25, 0.3) is 0 Å². The molecule has 0 atom stereocenters. The Kier molecular flexibility index (Phi) is 4.60. The van der Waals surface area contributed by atoms with Crippen molar-refractivity contribution in [3.63, 3.8) is 0 Å². The Labute approximate surface area is 76.9 Å². The van der Waals surface area contributed by atoms with Crippen molar-refractivity contribution in [2.45, 2.75) is 26.2 Å². The van der Waals surface area contributed by atoms with Crippen LogP contribution in [0.2, 0.25) is 26.2 Å². The first-order valence-corrected chi connectivity index (χ1v) is 10.4. The Morgan fingerprint density at radius 1 is 1.17 bits per heavy atom. The molecule has 0 rings (SSSR count). The zero-order chi connectivity index (χ0) is 9.83. The molecule has 0 saturated carbocycles. The SMILES string of the molecule is C[Si](C)(CN)O[Si](C)(C)CNN. The van der Waals surface area contributed by atoms with E-state index in [4.69, 9.17) is 15.7 Å². The van der Waals surface area contributed by atoms with Crippen molar-refractivity contribution in [3.05, 3.63) is 0 Å². The molecule has 12 heavy (non-hydrogen) atoms. The molecule has 0 bridgehead atoms. The minimum absolute atomic E-state index is 0.675. The second-order valence-corrected chi connectivity index (χ2v) is 12.8. The molecule has 0 aliphatic heterocycles. The van der Waals surface area contributed by atoms with E-state index in [1.807, 2.05) is 0 Å². The molecule has 0 radical (unpaired) electrons. The van der Waals surface area contributed by atoms with Gasteiger partial charge in [0.15, 0.2) is 16.6 Å². The first kappa shape index (κ1) is 12.3. The first-order chi connectivity index (χ1) is 5.33. The Balaban J connectivity index is 4.04. The summed E-state index contributed by atoms with van der Waals surface area (Å²) in [6.07, 6.45) is 1.46. The lowest BCUT2D eigenvalue weighted by Gasteiger charge is -2.32. The predicted molar refractivity (Wildman–Crippen MR) is 57.3 cm³/mol. The van der Waals surface area contributed by atoms with Crippen LogP contribution in [0.25, 0.3) is 0 Å². The van der Waals surface area contributed by atoms with Crippen LogP contribution in [0.3, 0.4) is 0 Å². The molecule has 0 aliphatic carbocycles. The summed E-state index contributed by atoms with van der Waals surface area (Å²) in [5, 5.41) is 0. The molecule has 0 aromatic heterocycles. The standard InChI is InChI=1S/C6H21N3OSi2/c1-11(2,5-7)10-12(3,4)6-9-8/h9H,5-8H2,1-4H3. The molecule has 4 nitrogen and oxygen atoms in total. The van der Waals surface area contributed by atoms with Gasteiger partial charge in [-0.15, -0.1) is 0 Å². The summed E-state index contributed by atoms with van der Waals surface area (Å²) in [7, 11) is -3.22. The summed E-state index contributed by atoms with van der Waals surface area (Å²) in [5.74, 6) is 5.26. The Hall–Kier alpha value is 0.274. The second-order valence-electron chi connectivity index (χ2n) is 4.21. The lowest BCUT2D eigenvalue weighted by Crippen LogP contribution is -2.54. The van der Waals surface area contributed by atoms with Crippen LogP contribution in [0.5, 0.6) is 0 Å². The topological polar surface area (TPSA) is 73.3 Å². The van der Waals surface area contributed by atoms with Crippen molar-refractivity contribution in [2.24, 2.45) is 11.6 Å². The highest BCUT2D eigenvalue weighted by atomic mass is 28.4. The van der Waals surface area contributed by atoms with E-state index in [-0.39, 0.29) is 0 Å². The molecule has 74 valence electrons. The number of nitrogens with one attached hydrogen (secondary N) is 1. The van der Waals surface area contributed by atoms with Gasteiger partial charge >= 0.3 is 0 Å². The second kappa shape index (κ2) is 4.49. The summed E-state index contributed by atoms with van der Waals surface area (Å²) >= 11 is 0. The molecule has 6 heteroatoms. The normalized spacial score (nSPS) is 13.5. The molecular weight excluding hydrogens is 186 g/mol. The van der Waals surface area contributed by atoms with E-state index >= 15 is 0 Å². The van der Waals surface area contributed by atoms with Crippen molar-refractivity contribution < 1.29 is 4.12 Å². The van der Waals surface area contributed by atoms with Gasteiger partial charge in [-0.05, 0) is 26.2 Å². The molecule has 0 fully saturated rings. The highest BCUT2D eigenvalue weighted by Gasteiger charge is 2.31. The third kappa shape index (κ3) is 5.01. The lowest BCUT2D eigenvalue weighted by atomic mass is 11.5. The maximum Gasteiger partial charge on any atom is 0.188 e. The Morgan fingerprint density at radius 2 is 1.67 bits per heavy atom. The number of hydrogen-bond acceptors (Lipinski definition) is 4. The number of hydrogen-bond donors (Lipinski definition) is 3. The molecule has 0 saturated heterocycles. The van der Waals surface area contributed by atoms with Crippen molar-refractivity contribution >= 4 is 16.6 Å². The summed E-state index contributed by atoms with van der Waals surface area (Å²) in [5.41, 5.74) is 8.29. The Morgan fingerprint density at radius 3 is 2.00 bits per heavy atom. The van der Waals surface area contributed by atoms with Crippen LogP contribution in [0.4, 0.5) is 0 Å². The number of hydrazine groups is 1. The van der Waals surface area contributed by atoms with Crippen molar-refractivity contribution in [3.8, 4) is 0 Å². The van der Waals surface area contributed by atoms with Crippen LogP contribution in [0.15, 0.2) is 0 Å². The smallest absolute Gasteiger partial charge is 0.188 e. The van der Waals surface area contributed by atoms with Gasteiger partial charge in [-0.1, -0.05) is 0 Å². The van der Waals surface area contributed by atoms with Gasteiger partial charge in [0.1, 0.15) is 0 Å². The number of nitrogens with two attached hydrogens (primary N) is 2. The largest absolute Gasteiger partial charge is 0.454 e. The van der Waals surface area contributed by atoms with Crippen LogP contribution in [0, 0.1) is 0 Å². The fourth-order valence-electron chi connectivity index (χ4n) is 1.07. The van der Waals surface area contributed by atoms with Gasteiger partial charge in [-0.2, -0.15) is 0 Å². The molecule has 0 heterocycles. The quantitative estimate of drug-likeness (QED) is 0.335. The van der Waals surface area contributed by atoms with Crippen molar-refractivity contribution in [2.75, 3.05) is 12.3 Å². The van der Waals surface area contributed by atoms with Gasteiger partial charge in [-0.25, -0.2) is 0 Å². The highest BCUT2D eigenvalue weighted by molar-refractivity contribution is 6.85. The lowest BCUT2D eigenvalue weighted by molar-refractivity contribution is 0.531. The fourth-order valence-corrected chi connectivity index (χ4v) is 8.17. The van der Waals surface area contributed by atoms with Crippen LogP contribution < -0.4 is 17.0 Å². The van der Waals surface area contributed by atoms with E-state index in [0.717, 1.165) is 6.17 Å². The van der Waals surface area contributed by atoms with E-state index in [9.17, 15) is 0 Å². The predicted octanol–water partition coefficient (Wildman–Crippen LogP) is -0.0864. The van der Waals surface area contributed by atoms with Gasteiger partial charge in [0.2, 0.25) is 0 Å². The van der Waals surface area contributed by atoms with Gasteiger partial charge in [0.05, 0.1) is 0 Å². The van der Waals surface area contributed by atoms with E-state index in [0.29, 0.717) is 6.17 Å². The molecule has 0 amide bonds. The third-order valence-corrected chi connectivity index (χ3v) is 8.03. The maximum atomic E-state index is 6.03. The minimum Gasteiger partial charge on any atom is -0.454 e. The van der Waals surface area contributed by atoms with Crippen LogP contribution in [-0.4, -0.2) is 29.0 Å². The molecule has 0 spiro atoms. The van der Waals surface area contributed by atoms with Crippen molar-refractivity contribution in [1.29, 1.82) is 0 Å². The van der Waals surface area contributed by atoms with E-state index in [2.05, 4.69) is 31.6 Å². The average molecular weight is 207 g/mol. The fraction of sp³-hybridized carbons (Fsp3) is 1.00. The molecule has 0 aliphatic rings. The van der Waals surface area contributed by atoms with Gasteiger partial charge in [-0.3, -0.25) is 11.3 Å². The highest BCUT2D eigenvalue weighted by Crippen LogP contribution is 2.11. The zero-order valence-corrected chi connectivity index (χ0v) is 10.5. The minimum atomic E-state index is -1.61. The van der Waals surface area contributed by atoms with Crippen LogP contribution in [-0.2, 0) is 4.12 Å².